The molecule has 0 radical (unpaired) electrons. The first-order chi connectivity index (χ1) is 34.5. The van der Waals surface area contributed by atoms with Gasteiger partial charge in [-0.3, -0.25) is 43.2 Å². The Labute approximate surface area is 424 Å². The third-order valence-electron chi connectivity index (χ3n) is 11.7. The molecule has 24 nitrogen and oxygen atoms in total. The first kappa shape index (κ1) is 61.9. The number of rotatable bonds is 33. The Balaban J connectivity index is 2.25. The van der Waals surface area contributed by atoms with Crippen LogP contribution in [-0.4, -0.2) is 142 Å². The number of carbonyl (C=O) groups is 10. The Hall–Kier alpha value is -7.18. The summed E-state index contributed by atoms with van der Waals surface area (Å²) in [6.07, 6.45) is 0.732. The van der Waals surface area contributed by atoms with E-state index < -0.39 is 133 Å². The van der Waals surface area contributed by atoms with E-state index >= 15 is 0 Å². The van der Waals surface area contributed by atoms with E-state index in [1.807, 2.05) is 20.8 Å². The summed E-state index contributed by atoms with van der Waals surface area (Å²) < 4.78 is 0. The van der Waals surface area contributed by atoms with Crippen molar-refractivity contribution < 1.29 is 63.3 Å². The molecule has 9 amide bonds. The van der Waals surface area contributed by atoms with Gasteiger partial charge in [0.15, 0.2) is 0 Å². The molecule has 0 unspecified atom stereocenters. The van der Waals surface area contributed by atoms with Crippen molar-refractivity contribution >= 4 is 59.1 Å². The molecule has 0 spiro atoms. The summed E-state index contributed by atoms with van der Waals surface area (Å²) in [7, 11) is 0. The van der Waals surface area contributed by atoms with Crippen molar-refractivity contribution in [1.29, 1.82) is 0 Å². The molecule has 0 saturated carbocycles. The minimum Gasteiger partial charge on any atom is -0.508 e. The number of hydrogen-bond donors (Lipinski definition) is 14. The number of aliphatic carboxylic acids is 1. The van der Waals surface area contributed by atoms with Crippen LogP contribution in [0.15, 0.2) is 54.6 Å². The lowest BCUT2D eigenvalue weighted by Crippen LogP contribution is -2.60. The molecule has 2 rings (SSSR count). The molecule has 2 aromatic carbocycles. The van der Waals surface area contributed by atoms with E-state index in [0.29, 0.717) is 43.4 Å². The smallest absolute Gasteiger partial charge is 0.326 e. The molecule has 0 fully saturated rings. The van der Waals surface area contributed by atoms with Gasteiger partial charge in [-0.2, -0.15) is 0 Å². The summed E-state index contributed by atoms with van der Waals surface area (Å²) in [6, 6.07) is 3.60. The number of benzene rings is 2. The van der Waals surface area contributed by atoms with Gasteiger partial charge in [-0.05, 0) is 80.7 Å². The van der Waals surface area contributed by atoms with Crippen molar-refractivity contribution in [2.75, 3.05) is 19.7 Å². The van der Waals surface area contributed by atoms with Crippen LogP contribution in [0.25, 0.3) is 0 Å². The number of hydrogen-bond acceptors (Lipinski definition) is 14. The van der Waals surface area contributed by atoms with Crippen molar-refractivity contribution in [1.82, 2.24) is 42.5 Å². The fraction of sp³-hybridized carbons (Fsp3) is 0.551. The second-order valence-electron chi connectivity index (χ2n) is 18.3. The topological polar surface area (TPSA) is 406 Å². The Bertz CT molecular complexity index is 2160. The Morgan fingerprint density at radius 3 is 1.71 bits per heavy atom. The summed E-state index contributed by atoms with van der Waals surface area (Å²) in [6.45, 7) is 7.23. The largest absolute Gasteiger partial charge is 0.508 e. The predicted molar refractivity (Wildman–Crippen MR) is 267 cm³/mol. The zero-order valence-corrected chi connectivity index (χ0v) is 42.1. The first-order valence-electron chi connectivity index (χ1n) is 24.3. The highest BCUT2D eigenvalue weighted by atomic mass is 16.4. The van der Waals surface area contributed by atoms with Crippen LogP contribution in [0.4, 0.5) is 0 Å². The van der Waals surface area contributed by atoms with Crippen LogP contribution in [0.1, 0.15) is 90.7 Å². The number of amides is 9. The number of carboxylic acid groups (broad SMARTS) is 1. The van der Waals surface area contributed by atoms with E-state index in [-0.39, 0.29) is 37.4 Å². The van der Waals surface area contributed by atoms with Crippen molar-refractivity contribution in [2.45, 2.75) is 141 Å². The second-order valence-corrected chi connectivity index (χ2v) is 18.3. The molecule has 17 N–H and O–H groups in total. The third kappa shape index (κ3) is 22.8. The van der Waals surface area contributed by atoms with Gasteiger partial charge in [0.25, 0.3) is 0 Å². The molecule has 0 saturated heterocycles. The molecule has 0 bridgehead atoms. The number of phenols is 1. The van der Waals surface area contributed by atoms with E-state index in [0.717, 1.165) is 0 Å². The van der Waals surface area contributed by atoms with Gasteiger partial charge in [0, 0.05) is 19.3 Å². The Kier molecular flexibility index (Phi) is 27.2. The highest BCUT2D eigenvalue weighted by molar-refractivity contribution is 5.97. The van der Waals surface area contributed by atoms with E-state index in [4.69, 9.17) is 17.2 Å². The number of nitrogens with one attached hydrogen (secondary N) is 8. The standard InChI is InChI=1S/C49H75N11O13/c1-6-28(4)41(60-43(66)33(51)22-27(2)3)48(71)58-37(24-31-15-17-32(62)18-16-31)45(68)54-29(5)42(65)56-34(19-20-39(52)63)44(67)53-25-40(64)55-36(23-30-12-8-7-9-13-30)46(69)59-38(26-61)47(70)57-35(49(72)73)14-10-11-21-50/h7-9,12-13,15-18,27-29,33-38,41,61-62H,6,10-11,14,19-26,50-51H2,1-5H3,(H2,52,63)(H,53,67)(H,54,68)(H,55,64)(H,56,65)(H,57,70)(H,58,71)(H,59,69)(H,60,66)(H,72,73)/t28-,29-,33-,34-,35-,36-,37-,38-,41-/m0/s1. The lowest BCUT2D eigenvalue weighted by molar-refractivity contribution is -0.142. The molecule has 0 aliphatic rings. The molecule has 0 aliphatic carbocycles. The highest BCUT2D eigenvalue weighted by Gasteiger charge is 2.34. The molecule has 2 aromatic rings. The van der Waals surface area contributed by atoms with Crippen molar-refractivity contribution in [2.24, 2.45) is 29.0 Å². The van der Waals surface area contributed by atoms with E-state index in [1.165, 1.54) is 31.2 Å². The van der Waals surface area contributed by atoms with Crippen LogP contribution in [-0.2, 0) is 60.8 Å². The van der Waals surface area contributed by atoms with Crippen LogP contribution < -0.4 is 59.7 Å². The Morgan fingerprint density at radius 1 is 0.603 bits per heavy atom. The number of primary amides is 1. The number of carbonyl (C=O) groups excluding carboxylic acids is 9. The second kappa shape index (κ2) is 32.0. The SMILES string of the molecule is CC[C@H](C)[C@H](NC(=O)[C@@H](N)CC(C)C)C(=O)N[C@@H](Cc1ccc(O)cc1)C(=O)N[C@@H](C)C(=O)N[C@@H](CCC(N)=O)C(=O)NCC(=O)N[C@@H](Cc1ccccc1)C(=O)N[C@@H](CO)C(=O)N[C@@H](CCCCN)C(=O)O. The van der Waals surface area contributed by atoms with Crippen molar-refractivity contribution in [3.63, 3.8) is 0 Å². The van der Waals surface area contributed by atoms with Gasteiger partial charge in [0.1, 0.15) is 48.0 Å². The molecule has 0 aromatic heterocycles. The summed E-state index contributed by atoms with van der Waals surface area (Å²) in [5.41, 5.74) is 18.0. The quantitative estimate of drug-likeness (QED) is 0.0332. The van der Waals surface area contributed by atoms with Gasteiger partial charge < -0.3 is 75.1 Å². The monoisotopic (exact) mass is 1030 g/mol. The number of aromatic hydroxyl groups is 1. The zero-order valence-electron chi connectivity index (χ0n) is 42.1. The van der Waals surface area contributed by atoms with E-state index in [9.17, 15) is 63.3 Å². The van der Waals surface area contributed by atoms with Gasteiger partial charge >= 0.3 is 5.97 Å². The maximum Gasteiger partial charge on any atom is 0.326 e. The summed E-state index contributed by atoms with van der Waals surface area (Å²) >= 11 is 0. The van der Waals surface area contributed by atoms with Crippen LogP contribution in [0.3, 0.4) is 0 Å². The molecular weight excluding hydrogens is 951 g/mol. The first-order valence-corrected chi connectivity index (χ1v) is 24.3. The third-order valence-corrected chi connectivity index (χ3v) is 11.7. The normalized spacial score (nSPS) is 14.8. The minimum atomic E-state index is -1.62. The lowest BCUT2D eigenvalue weighted by Gasteiger charge is -2.28. The maximum atomic E-state index is 13.9. The molecule has 0 heterocycles. The number of nitrogens with two attached hydrogens (primary N) is 3. The van der Waals surface area contributed by atoms with E-state index in [1.54, 1.807) is 37.3 Å². The van der Waals surface area contributed by atoms with Crippen molar-refractivity contribution in [3.8, 4) is 5.75 Å². The zero-order chi connectivity index (χ0) is 54.8. The molecule has 9 atom stereocenters. The predicted octanol–water partition coefficient (Wildman–Crippen LogP) is -2.40. The molecule has 73 heavy (non-hydrogen) atoms. The molecule has 404 valence electrons. The number of aliphatic hydroxyl groups is 1. The van der Waals surface area contributed by atoms with Crippen LogP contribution >= 0.6 is 0 Å². The number of aliphatic hydroxyl groups excluding tert-OH is 1. The van der Waals surface area contributed by atoms with Crippen LogP contribution in [0, 0.1) is 11.8 Å². The van der Waals surface area contributed by atoms with E-state index in [2.05, 4.69) is 42.5 Å². The summed E-state index contributed by atoms with van der Waals surface area (Å²) in [5, 5.41) is 49.2. The maximum absolute atomic E-state index is 13.9. The van der Waals surface area contributed by atoms with Crippen molar-refractivity contribution in [3.05, 3.63) is 65.7 Å². The van der Waals surface area contributed by atoms with Gasteiger partial charge in [0.05, 0.1) is 19.2 Å². The number of carboxylic acids is 1. The molecular formula is C49H75N11O13. The fourth-order valence-electron chi connectivity index (χ4n) is 7.23. The molecule has 0 aliphatic heterocycles. The van der Waals surface area contributed by atoms with Crippen LogP contribution in [0.5, 0.6) is 5.75 Å². The average molecular weight is 1030 g/mol. The lowest BCUT2D eigenvalue weighted by atomic mass is 9.96. The Morgan fingerprint density at radius 2 is 1.15 bits per heavy atom. The fourth-order valence-corrected chi connectivity index (χ4v) is 7.23. The molecule has 24 heteroatoms. The number of phenolic OH excluding ortho intramolecular Hbond substituents is 1. The summed E-state index contributed by atoms with van der Waals surface area (Å²) in [5.74, 6) is -9.37. The summed E-state index contributed by atoms with van der Waals surface area (Å²) in [4.78, 5) is 132. The van der Waals surface area contributed by atoms with Crippen LogP contribution in [0.2, 0.25) is 0 Å². The van der Waals surface area contributed by atoms with Gasteiger partial charge in [-0.25, -0.2) is 4.79 Å². The minimum absolute atomic E-state index is 0.0361. The van der Waals surface area contributed by atoms with Gasteiger partial charge in [-0.15, -0.1) is 0 Å². The highest BCUT2D eigenvalue weighted by Crippen LogP contribution is 2.15. The van der Waals surface area contributed by atoms with Gasteiger partial charge in [-0.1, -0.05) is 76.6 Å². The number of unbranched alkanes of at least 4 members (excludes halogenated alkanes) is 1. The van der Waals surface area contributed by atoms with Gasteiger partial charge in [0.2, 0.25) is 53.2 Å². The average Bonchev–Trinajstić information content (AvgIpc) is 3.34.